The van der Waals surface area contributed by atoms with Crippen LogP contribution in [0.2, 0.25) is 0 Å². The van der Waals surface area contributed by atoms with Crippen LogP contribution in [0.25, 0.3) is 0 Å². The number of aromatic nitrogens is 3. The van der Waals surface area contributed by atoms with Crippen molar-refractivity contribution in [1.29, 1.82) is 5.26 Å². The number of carbonyl (C=O) groups excluding carboxylic acids is 1. The lowest BCUT2D eigenvalue weighted by Gasteiger charge is -2.27. The molecule has 8 nitrogen and oxygen atoms in total. The molecule has 0 spiro atoms. The standard InChI is InChI=1S/C23H26N6O2S/c24-12-8-15-28(19-9-3-1-4-10-19)21(30)18-32-23-26-25-22(27-13-5-2-6-14-27)29(23)17-20-11-7-16-31-20/h1,3-4,7,9-11,16H,2,5-6,8,13-15,17-18H2. The second-order valence-electron chi connectivity index (χ2n) is 7.57. The van der Waals surface area contributed by atoms with Crippen LogP contribution in [-0.2, 0) is 11.3 Å². The molecule has 1 aliphatic rings. The van der Waals surface area contributed by atoms with E-state index in [0.29, 0.717) is 18.2 Å². The average molecular weight is 451 g/mol. The fourth-order valence-electron chi connectivity index (χ4n) is 3.78. The number of thioether (sulfide) groups is 1. The Morgan fingerprint density at radius 3 is 2.66 bits per heavy atom. The van der Waals surface area contributed by atoms with Crippen molar-refractivity contribution in [2.45, 2.75) is 37.4 Å². The number of rotatable bonds is 9. The van der Waals surface area contributed by atoms with Crippen LogP contribution in [0.1, 0.15) is 31.4 Å². The van der Waals surface area contributed by atoms with Crippen molar-refractivity contribution in [3.8, 4) is 6.07 Å². The minimum Gasteiger partial charge on any atom is -0.467 e. The Labute approximate surface area is 191 Å². The van der Waals surface area contributed by atoms with Crippen LogP contribution < -0.4 is 9.80 Å². The summed E-state index contributed by atoms with van der Waals surface area (Å²) >= 11 is 1.37. The van der Waals surface area contributed by atoms with Gasteiger partial charge in [-0.2, -0.15) is 5.26 Å². The predicted octanol–water partition coefficient (Wildman–Crippen LogP) is 3.95. The van der Waals surface area contributed by atoms with Gasteiger partial charge in [-0.25, -0.2) is 0 Å². The minimum absolute atomic E-state index is 0.0662. The number of carbonyl (C=O) groups is 1. The number of para-hydroxylation sites is 1. The van der Waals surface area contributed by atoms with E-state index < -0.39 is 0 Å². The minimum atomic E-state index is -0.0662. The van der Waals surface area contributed by atoms with Gasteiger partial charge >= 0.3 is 0 Å². The van der Waals surface area contributed by atoms with Gasteiger partial charge in [0.2, 0.25) is 11.9 Å². The van der Waals surface area contributed by atoms with E-state index in [1.165, 1.54) is 18.2 Å². The van der Waals surface area contributed by atoms with Crippen molar-refractivity contribution < 1.29 is 9.21 Å². The van der Waals surface area contributed by atoms with Crippen LogP contribution in [0.5, 0.6) is 0 Å². The van der Waals surface area contributed by atoms with Crippen molar-refractivity contribution in [3.63, 3.8) is 0 Å². The van der Waals surface area contributed by atoms with E-state index >= 15 is 0 Å². The van der Waals surface area contributed by atoms with Crippen molar-refractivity contribution in [1.82, 2.24) is 14.8 Å². The summed E-state index contributed by atoms with van der Waals surface area (Å²) in [7, 11) is 0. The molecule has 1 amide bonds. The number of nitrogens with zero attached hydrogens (tertiary/aromatic N) is 6. The van der Waals surface area contributed by atoms with Crippen molar-refractivity contribution >= 4 is 29.3 Å². The maximum Gasteiger partial charge on any atom is 0.237 e. The zero-order valence-corrected chi connectivity index (χ0v) is 18.7. The summed E-state index contributed by atoms with van der Waals surface area (Å²) in [5.74, 6) is 1.77. The second kappa shape index (κ2) is 10.9. The first-order valence-electron chi connectivity index (χ1n) is 10.8. The van der Waals surface area contributed by atoms with Gasteiger partial charge in [-0.05, 0) is 43.5 Å². The third kappa shape index (κ3) is 5.32. The fraction of sp³-hybridized carbons (Fsp3) is 0.391. The highest BCUT2D eigenvalue weighted by molar-refractivity contribution is 7.99. The number of hydrogen-bond acceptors (Lipinski definition) is 7. The zero-order valence-electron chi connectivity index (χ0n) is 17.9. The predicted molar refractivity (Wildman–Crippen MR) is 124 cm³/mol. The first-order valence-corrected chi connectivity index (χ1v) is 11.8. The third-order valence-corrected chi connectivity index (χ3v) is 6.32. The highest BCUT2D eigenvalue weighted by Gasteiger charge is 2.23. The Balaban J connectivity index is 1.51. The van der Waals surface area contributed by atoms with Crippen molar-refractivity contribution in [2.75, 3.05) is 35.2 Å². The van der Waals surface area contributed by atoms with Gasteiger partial charge in [-0.3, -0.25) is 9.36 Å². The summed E-state index contributed by atoms with van der Waals surface area (Å²) < 4.78 is 7.59. The molecule has 4 rings (SSSR count). The summed E-state index contributed by atoms with van der Waals surface area (Å²) in [5.41, 5.74) is 0.791. The van der Waals surface area contributed by atoms with Gasteiger partial charge in [-0.1, -0.05) is 30.0 Å². The lowest BCUT2D eigenvalue weighted by molar-refractivity contribution is -0.116. The summed E-state index contributed by atoms with van der Waals surface area (Å²) in [5, 5.41) is 18.6. The van der Waals surface area contributed by atoms with Gasteiger partial charge in [0.15, 0.2) is 5.16 Å². The number of furan rings is 1. The molecule has 166 valence electrons. The van der Waals surface area contributed by atoms with E-state index in [2.05, 4.69) is 21.2 Å². The Hall–Kier alpha value is -3.25. The number of nitriles is 1. The molecule has 32 heavy (non-hydrogen) atoms. The molecule has 3 aromatic rings. The molecule has 0 bridgehead atoms. The van der Waals surface area contributed by atoms with Gasteiger partial charge in [0.05, 0.1) is 31.1 Å². The molecule has 1 fully saturated rings. The van der Waals surface area contributed by atoms with E-state index in [1.807, 2.05) is 47.0 Å². The normalized spacial score (nSPS) is 13.7. The monoisotopic (exact) mass is 450 g/mol. The zero-order chi connectivity index (χ0) is 22.2. The first-order chi connectivity index (χ1) is 15.8. The largest absolute Gasteiger partial charge is 0.467 e. The molecule has 0 unspecified atom stereocenters. The molecule has 9 heteroatoms. The Kier molecular flexibility index (Phi) is 7.46. The highest BCUT2D eigenvalue weighted by Crippen LogP contribution is 2.26. The summed E-state index contributed by atoms with van der Waals surface area (Å²) in [4.78, 5) is 17.0. The maximum atomic E-state index is 13.1. The topological polar surface area (TPSA) is 91.2 Å². The maximum absolute atomic E-state index is 13.1. The van der Waals surface area contributed by atoms with Gasteiger partial charge in [0.25, 0.3) is 0 Å². The first kappa shape index (κ1) is 22.0. The smallest absolute Gasteiger partial charge is 0.237 e. The van der Waals surface area contributed by atoms with Crippen LogP contribution in [0.15, 0.2) is 58.3 Å². The molecular formula is C23H26N6O2S. The van der Waals surface area contributed by atoms with Gasteiger partial charge in [-0.15, -0.1) is 10.2 Å². The number of benzene rings is 1. The second-order valence-corrected chi connectivity index (χ2v) is 8.52. The quantitative estimate of drug-likeness (QED) is 0.456. The SMILES string of the molecule is N#CCCN(C(=O)CSc1nnc(N2CCCCC2)n1Cc1ccco1)c1ccccc1. The average Bonchev–Trinajstić information content (AvgIpc) is 3.50. The molecule has 0 atom stereocenters. The molecule has 1 saturated heterocycles. The van der Waals surface area contributed by atoms with Gasteiger partial charge < -0.3 is 14.2 Å². The number of anilines is 2. The molecule has 0 aliphatic carbocycles. The molecule has 0 N–H and O–H groups in total. The molecule has 2 aromatic heterocycles. The van der Waals surface area contributed by atoms with E-state index in [4.69, 9.17) is 9.68 Å². The summed E-state index contributed by atoms with van der Waals surface area (Å²) in [6.07, 6.45) is 5.44. The molecular weight excluding hydrogens is 424 g/mol. The highest BCUT2D eigenvalue weighted by atomic mass is 32.2. The van der Waals surface area contributed by atoms with Crippen LogP contribution >= 0.6 is 11.8 Å². The Bertz CT molecular complexity index is 1040. The molecule has 0 radical (unpaired) electrons. The Morgan fingerprint density at radius 1 is 1.12 bits per heavy atom. The molecule has 3 heterocycles. The summed E-state index contributed by atoms with van der Waals surface area (Å²) in [6.45, 7) is 2.78. The van der Waals surface area contributed by atoms with Crippen LogP contribution in [0, 0.1) is 11.3 Å². The lowest BCUT2D eigenvalue weighted by atomic mass is 10.1. The van der Waals surface area contributed by atoms with E-state index in [0.717, 1.165) is 43.3 Å². The van der Waals surface area contributed by atoms with Crippen LogP contribution in [0.3, 0.4) is 0 Å². The lowest BCUT2D eigenvalue weighted by Crippen LogP contribution is -2.33. The van der Waals surface area contributed by atoms with Gasteiger partial charge in [0.1, 0.15) is 5.76 Å². The fourth-order valence-corrected chi connectivity index (χ4v) is 4.59. The molecule has 1 aliphatic heterocycles. The van der Waals surface area contributed by atoms with E-state index in [9.17, 15) is 4.79 Å². The van der Waals surface area contributed by atoms with E-state index in [-0.39, 0.29) is 18.1 Å². The van der Waals surface area contributed by atoms with Crippen molar-refractivity contribution in [2.24, 2.45) is 0 Å². The number of hydrogen-bond donors (Lipinski definition) is 0. The summed E-state index contributed by atoms with van der Waals surface area (Å²) in [6, 6.07) is 15.4. The third-order valence-electron chi connectivity index (χ3n) is 5.37. The Morgan fingerprint density at radius 2 is 1.94 bits per heavy atom. The van der Waals surface area contributed by atoms with E-state index in [1.54, 1.807) is 11.2 Å². The number of amides is 1. The van der Waals surface area contributed by atoms with Crippen LogP contribution in [0.4, 0.5) is 11.6 Å². The molecule has 1 aromatic carbocycles. The van der Waals surface area contributed by atoms with Gasteiger partial charge in [0, 0.05) is 25.3 Å². The van der Waals surface area contributed by atoms with Crippen LogP contribution in [-0.4, -0.2) is 46.1 Å². The number of piperidine rings is 1. The van der Waals surface area contributed by atoms with Crippen molar-refractivity contribution in [3.05, 3.63) is 54.5 Å². The molecule has 0 saturated carbocycles.